The number of nitrogens with one attached hydrogen (secondary N) is 1. The van der Waals surface area contributed by atoms with Gasteiger partial charge in [-0.2, -0.15) is 0 Å². The molecule has 1 atom stereocenters. The Morgan fingerprint density at radius 1 is 1.29 bits per heavy atom. The van der Waals surface area contributed by atoms with Crippen molar-refractivity contribution in [2.24, 2.45) is 16.8 Å². The van der Waals surface area contributed by atoms with E-state index in [2.05, 4.69) is 29.1 Å². The van der Waals surface area contributed by atoms with Crippen LogP contribution in [0.25, 0.3) is 0 Å². The van der Waals surface area contributed by atoms with E-state index in [9.17, 15) is 4.79 Å². The highest BCUT2D eigenvalue weighted by Crippen LogP contribution is 2.23. The van der Waals surface area contributed by atoms with Crippen LogP contribution in [0.4, 0.5) is 0 Å². The van der Waals surface area contributed by atoms with Gasteiger partial charge in [0.05, 0.1) is 0 Å². The minimum absolute atomic E-state index is 0.0409. The second kappa shape index (κ2) is 9.25. The zero-order chi connectivity index (χ0) is 17.5. The van der Waals surface area contributed by atoms with E-state index >= 15 is 0 Å². The lowest BCUT2D eigenvalue weighted by Crippen LogP contribution is -2.47. The average Bonchev–Trinajstić information content (AvgIpc) is 2.99. The SMILES string of the molecule is CC(C)CC1CCN(C(=NCC(=O)N(C)C)NC2CCOCC2)C1. The third-order valence-corrected chi connectivity index (χ3v) is 4.81. The molecule has 0 aromatic rings. The Morgan fingerprint density at radius 3 is 2.62 bits per heavy atom. The number of carbonyl (C=O) groups excluding carboxylic acids is 1. The van der Waals surface area contributed by atoms with Gasteiger partial charge in [-0.05, 0) is 37.5 Å². The Morgan fingerprint density at radius 2 is 2.00 bits per heavy atom. The van der Waals surface area contributed by atoms with Crippen LogP contribution < -0.4 is 5.32 Å². The number of guanidine groups is 1. The van der Waals surface area contributed by atoms with Gasteiger partial charge in [-0.15, -0.1) is 0 Å². The lowest BCUT2D eigenvalue weighted by atomic mass is 9.97. The molecule has 24 heavy (non-hydrogen) atoms. The smallest absolute Gasteiger partial charge is 0.243 e. The zero-order valence-electron chi connectivity index (χ0n) is 15.8. The van der Waals surface area contributed by atoms with Crippen LogP contribution in [-0.2, 0) is 9.53 Å². The largest absolute Gasteiger partial charge is 0.381 e. The van der Waals surface area contributed by atoms with Gasteiger partial charge in [0.1, 0.15) is 6.54 Å². The van der Waals surface area contributed by atoms with Crippen molar-refractivity contribution in [1.82, 2.24) is 15.1 Å². The van der Waals surface area contributed by atoms with Crippen LogP contribution in [0.2, 0.25) is 0 Å². The topological polar surface area (TPSA) is 57.2 Å². The standard InChI is InChI=1S/C18H34N4O2/c1-14(2)11-15-5-8-22(13-15)18(19-12-17(23)21(3)4)20-16-6-9-24-10-7-16/h14-16H,5-13H2,1-4H3,(H,19,20). The molecule has 0 radical (unpaired) electrons. The molecule has 0 aromatic carbocycles. The van der Waals surface area contributed by atoms with Gasteiger partial charge in [-0.3, -0.25) is 4.79 Å². The summed E-state index contributed by atoms with van der Waals surface area (Å²) < 4.78 is 5.44. The van der Waals surface area contributed by atoms with E-state index in [0.29, 0.717) is 6.04 Å². The molecule has 2 fully saturated rings. The summed E-state index contributed by atoms with van der Waals surface area (Å²) in [5, 5.41) is 3.59. The first-order valence-electron chi connectivity index (χ1n) is 9.29. The zero-order valence-corrected chi connectivity index (χ0v) is 15.8. The maximum Gasteiger partial charge on any atom is 0.243 e. The molecule has 0 aliphatic carbocycles. The second-order valence-electron chi connectivity index (χ2n) is 7.69. The van der Waals surface area contributed by atoms with Crippen LogP contribution in [0.1, 0.15) is 39.5 Å². The molecule has 0 saturated carbocycles. The first-order chi connectivity index (χ1) is 11.5. The molecule has 2 rings (SSSR count). The Labute approximate surface area is 146 Å². The summed E-state index contributed by atoms with van der Waals surface area (Å²) in [6.45, 7) is 8.46. The van der Waals surface area contributed by atoms with E-state index in [-0.39, 0.29) is 12.5 Å². The van der Waals surface area contributed by atoms with E-state index in [1.807, 2.05) is 0 Å². The molecule has 2 aliphatic heterocycles. The Balaban J connectivity index is 1.98. The second-order valence-corrected chi connectivity index (χ2v) is 7.69. The van der Waals surface area contributed by atoms with Gasteiger partial charge in [-0.25, -0.2) is 4.99 Å². The lowest BCUT2D eigenvalue weighted by Gasteiger charge is -2.29. The normalized spacial score (nSPS) is 23.0. The first kappa shape index (κ1) is 19.0. The van der Waals surface area contributed by atoms with Crippen molar-refractivity contribution in [3.63, 3.8) is 0 Å². The molecule has 2 aliphatic rings. The fourth-order valence-electron chi connectivity index (χ4n) is 3.43. The number of carbonyl (C=O) groups is 1. The van der Waals surface area contributed by atoms with Gasteiger partial charge in [-0.1, -0.05) is 13.8 Å². The van der Waals surface area contributed by atoms with Crippen LogP contribution in [0, 0.1) is 11.8 Å². The number of likely N-dealkylation sites (tertiary alicyclic amines) is 1. The van der Waals surface area contributed by atoms with Crippen LogP contribution in [0.5, 0.6) is 0 Å². The molecule has 0 aromatic heterocycles. The highest BCUT2D eigenvalue weighted by atomic mass is 16.5. The third-order valence-electron chi connectivity index (χ3n) is 4.81. The van der Waals surface area contributed by atoms with Crippen molar-refractivity contribution < 1.29 is 9.53 Å². The number of hydrogen-bond acceptors (Lipinski definition) is 3. The van der Waals surface area contributed by atoms with Crippen molar-refractivity contribution in [3.8, 4) is 0 Å². The molecule has 2 heterocycles. The van der Waals surface area contributed by atoms with Crippen molar-refractivity contribution >= 4 is 11.9 Å². The minimum atomic E-state index is 0.0409. The Kier molecular flexibility index (Phi) is 7.34. The highest BCUT2D eigenvalue weighted by molar-refractivity contribution is 5.85. The van der Waals surface area contributed by atoms with Gasteiger partial charge >= 0.3 is 0 Å². The van der Waals surface area contributed by atoms with Crippen LogP contribution in [0.15, 0.2) is 4.99 Å². The molecule has 6 heteroatoms. The predicted molar refractivity (Wildman–Crippen MR) is 97.1 cm³/mol. The summed E-state index contributed by atoms with van der Waals surface area (Å²) in [5.74, 6) is 2.41. The van der Waals surface area contributed by atoms with Crippen LogP contribution >= 0.6 is 0 Å². The maximum absolute atomic E-state index is 11.9. The summed E-state index contributed by atoms with van der Waals surface area (Å²) in [6.07, 6.45) is 4.49. The summed E-state index contributed by atoms with van der Waals surface area (Å²) in [4.78, 5) is 20.5. The summed E-state index contributed by atoms with van der Waals surface area (Å²) >= 11 is 0. The molecule has 1 unspecified atom stereocenters. The van der Waals surface area contributed by atoms with Crippen LogP contribution in [-0.4, -0.2) is 74.7 Å². The monoisotopic (exact) mass is 338 g/mol. The number of amides is 1. The fourth-order valence-corrected chi connectivity index (χ4v) is 3.43. The number of ether oxygens (including phenoxy) is 1. The number of hydrogen-bond donors (Lipinski definition) is 1. The maximum atomic E-state index is 11.9. The van der Waals surface area contributed by atoms with Crippen LogP contribution in [0.3, 0.4) is 0 Å². The third kappa shape index (κ3) is 5.96. The number of likely N-dealkylation sites (N-methyl/N-ethyl adjacent to an activating group) is 1. The molecular formula is C18H34N4O2. The molecule has 1 N–H and O–H groups in total. The Hall–Kier alpha value is -1.30. The molecular weight excluding hydrogens is 304 g/mol. The molecule has 0 bridgehead atoms. The van der Waals surface area contributed by atoms with E-state index in [1.165, 1.54) is 12.8 Å². The van der Waals surface area contributed by atoms with Gasteiger partial charge in [0, 0.05) is 46.4 Å². The summed E-state index contributed by atoms with van der Waals surface area (Å²) in [5.41, 5.74) is 0. The Bertz CT molecular complexity index is 431. The number of nitrogens with zero attached hydrogens (tertiary/aromatic N) is 3. The molecule has 6 nitrogen and oxygen atoms in total. The number of rotatable bonds is 5. The summed E-state index contributed by atoms with van der Waals surface area (Å²) in [7, 11) is 3.55. The summed E-state index contributed by atoms with van der Waals surface area (Å²) in [6, 6.07) is 0.399. The molecule has 1 amide bonds. The van der Waals surface area contributed by atoms with Crippen molar-refractivity contribution in [1.29, 1.82) is 0 Å². The fraction of sp³-hybridized carbons (Fsp3) is 0.889. The minimum Gasteiger partial charge on any atom is -0.381 e. The van der Waals surface area contributed by atoms with Crippen molar-refractivity contribution in [2.45, 2.75) is 45.6 Å². The highest BCUT2D eigenvalue weighted by Gasteiger charge is 2.27. The average molecular weight is 338 g/mol. The lowest BCUT2D eigenvalue weighted by molar-refractivity contribution is -0.127. The van der Waals surface area contributed by atoms with Crippen molar-refractivity contribution in [3.05, 3.63) is 0 Å². The van der Waals surface area contributed by atoms with E-state index in [1.54, 1.807) is 19.0 Å². The van der Waals surface area contributed by atoms with Gasteiger partial charge in [0.25, 0.3) is 0 Å². The van der Waals surface area contributed by atoms with Gasteiger partial charge in [0.2, 0.25) is 5.91 Å². The molecule has 2 saturated heterocycles. The van der Waals surface area contributed by atoms with E-state index < -0.39 is 0 Å². The predicted octanol–water partition coefficient (Wildman–Crippen LogP) is 1.57. The quantitative estimate of drug-likeness (QED) is 0.611. The van der Waals surface area contributed by atoms with Crippen molar-refractivity contribution in [2.75, 3.05) is 46.9 Å². The first-order valence-corrected chi connectivity index (χ1v) is 9.29. The number of aliphatic imine (C=N–C) groups is 1. The van der Waals surface area contributed by atoms with E-state index in [4.69, 9.17) is 4.74 Å². The molecule has 0 spiro atoms. The molecule has 138 valence electrons. The van der Waals surface area contributed by atoms with Gasteiger partial charge < -0.3 is 19.9 Å². The van der Waals surface area contributed by atoms with E-state index in [0.717, 1.165) is 56.9 Å². The van der Waals surface area contributed by atoms with Gasteiger partial charge in [0.15, 0.2) is 5.96 Å².